The minimum atomic E-state index is 0.0182. The van der Waals surface area contributed by atoms with E-state index in [4.69, 9.17) is 27.9 Å². The maximum atomic E-state index is 6.26. The van der Waals surface area contributed by atoms with Gasteiger partial charge in [-0.2, -0.15) is 0 Å². The van der Waals surface area contributed by atoms with Gasteiger partial charge >= 0.3 is 0 Å². The fourth-order valence-corrected chi connectivity index (χ4v) is 4.39. The van der Waals surface area contributed by atoms with E-state index in [-0.39, 0.29) is 4.83 Å². The predicted molar refractivity (Wildman–Crippen MR) is 85.8 cm³/mol. The molecule has 0 aliphatic carbocycles. The molecule has 0 saturated carbocycles. The average molecular weight is 431 g/mol. The Morgan fingerprint density at radius 1 is 1.22 bits per heavy atom. The number of hydrogen-bond donors (Lipinski definition) is 0. The Balaban J connectivity index is 2.42. The highest BCUT2D eigenvalue weighted by Gasteiger charge is 2.18. The van der Waals surface area contributed by atoms with E-state index in [0.717, 1.165) is 14.2 Å². The first-order chi connectivity index (χ1) is 8.52. The summed E-state index contributed by atoms with van der Waals surface area (Å²) in [4.78, 5) is 1.18. The van der Waals surface area contributed by atoms with Gasteiger partial charge in [0.1, 0.15) is 5.75 Å². The van der Waals surface area contributed by atoms with Gasteiger partial charge in [0, 0.05) is 16.0 Å². The van der Waals surface area contributed by atoms with Gasteiger partial charge in [0.15, 0.2) is 0 Å². The number of methoxy groups -OCH3 is 1. The number of alkyl halides is 1. The highest BCUT2D eigenvalue weighted by atomic mass is 79.9. The van der Waals surface area contributed by atoms with Crippen LogP contribution in [0.1, 0.15) is 15.3 Å². The molecular formula is C12H8Br2Cl2OS. The number of thiophene rings is 1. The molecule has 1 aromatic heterocycles. The number of ether oxygens (including phenoxy) is 1. The molecule has 0 bridgehead atoms. The zero-order valence-electron chi connectivity index (χ0n) is 9.22. The fraction of sp³-hybridized carbons (Fsp3) is 0.167. The predicted octanol–water partition coefficient (Wildman–Crippen LogP) is 6.31. The molecule has 0 saturated heterocycles. The third kappa shape index (κ3) is 3.05. The van der Waals surface area contributed by atoms with E-state index < -0.39 is 0 Å². The van der Waals surface area contributed by atoms with Crippen LogP contribution in [0.5, 0.6) is 5.75 Å². The van der Waals surface area contributed by atoms with Crippen molar-refractivity contribution < 1.29 is 4.74 Å². The number of benzene rings is 1. The van der Waals surface area contributed by atoms with Gasteiger partial charge < -0.3 is 4.74 Å². The summed E-state index contributed by atoms with van der Waals surface area (Å²) in [5, 5.41) is 1.18. The average Bonchev–Trinajstić information content (AvgIpc) is 2.77. The van der Waals surface area contributed by atoms with Crippen LogP contribution in [0.3, 0.4) is 0 Å². The van der Waals surface area contributed by atoms with E-state index in [9.17, 15) is 0 Å². The van der Waals surface area contributed by atoms with Gasteiger partial charge in [0.05, 0.1) is 20.7 Å². The molecule has 1 atom stereocenters. The van der Waals surface area contributed by atoms with Gasteiger partial charge in [-0.25, -0.2) is 0 Å². The Morgan fingerprint density at radius 2 is 1.94 bits per heavy atom. The molecule has 0 aliphatic rings. The van der Waals surface area contributed by atoms with Gasteiger partial charge in [-0.05, 0) is 39.7 Å². The largest absolute Gasteiger partial charge is 0.495 e. The third-order valence-corrected chi connectivity index (χ3v) is 5.99. The van der Waals surface area contributed by atoms with Crippen molar-refractivity contribution in [3.8, 4) is 5.75 Å². The Bertz CT molecular complexity index is 571. The first-order valence-corrected chi connectivity index (χ1v) is 8.23. The van der Waals surface area contributed by atoms with Crippen LogP contribution in [-0.2, 0) is 0 Å². The van der Waals surface area contributed by atoms with Crippen molar-refractivity contribution in [2.45, 2.75) is 4.83 Å². The molecule has 1 heterocycles. The van der Waals surface area contributed by atoms with E-state index in [2.05, 4.69) is 31.9 Å². The Labute approximate surface area is 136 Å². The first kappa shape index (κ1) is 14.7. The normalized spacial score (nSPS) is 12.5. The summed E-state index contributed by atoms with van der Waals surface area (Å²) in [7, 11) is 1.57. The molecule has 0 radical (unpaired) electrons. The minimum Gasteiger partial charge on any atom is -0.495 e. The lowest BCUT2D eigenvalue weighted by molar-refractivity contribution is 0.415. The van der Waals surface area contributed by atoms with Gasteiger partial charge in [-0.3, -0.25) is 0 Å². The van der Waals surface area contributed by atoms with Crippen molar-refractivity contribution in [3.05, 3.63) is 48.5 Å². The maximum Gasteiger partial charge on any atom is 0.138 e. The molecule has 6 heteroatoms. The summed E-state index contributed by atoms with van der Waals surface area (Å²) in [6, 6.07) is 7.61. The first-order valence-electron chi connectivity index (χ1n) is 4.95. The quantitative estimate of drug-likeness (QED) is 0.518. The van der Waals surface area contributed by atoms with E-state index in [1.165, 1.54) is 0 Å². The highest BCUT2D eigenvalue weighted by Crippen LogP contribution is 2.42. The van der Waals surface area contributed by atoms with E-state index >= 15 is 0 Å². The number of hydrogen-bond acceptors (Lipinski definition) is 2. The van der Waals surface area contributed by atoms with Gasteiger partial charge in [0.25, 0.3) is 0 Å². The van der Waals surface area contributed by atoms with E-state index in [0.29, 0.717) is 15.8 Å². The molecule has 0 spiro atoms. The molecule has 18 heavy (non-hydrogen) atoms. The lowest BCUT2D eigenvalue weighted by Crippen LogP contribution is -1.93. The molecule has 1 unspecified atom stereocenters. The summed E-state index contributed by atoms with van der Waals surface area (Å²) in [6.07, 6.45) is 0. The monoisotopic (exact) mass is 428 g/mol. The Hall–Kier alpha value is 0.260. The van der Waals surface area contributed by atoms with Crippen LogP contribution in [-0.4, -0.2) is 7.11 Å². The van der Waals surface area contributed by atoms with Crippen LogP contribution >= 0.6 is 66.4 Å². The maximum absolute atomic E-state index is 6.26. The van der Waals surface area contributed by atoms with Crippen LogP contribution in [0.4, 0.5) is 0 Å². The van der Waals surface area contributed by atoms with Gasteiger partial charge in [0.2, 0.25) is 0 Å². The van der Waals surface area contributed by atoms with Gasteiger partial charge in [-0.1, -0.05) is 39.1 Å². The van der Waals surface area contributed by atoms with Crippen LogP contribution in [0.15, 0.2) is 28.1 Å². The summed E-state index contributed by atoms with van der Waals surface area (Å²) >= 11 is 21.1. The summed E-state index contributed by atoms with van der Waals surface area (Å²) in [5.41, 5.74) is 0.928. The van der Waals surface area contributed by atoms with Crippen molar-refractivity contribution in [1.82, 2.24) is 0 Å². The zero-order valence-corrected chi connectivity index (χ0v) is 14.7. The molecule has 0 fully saturated rings. The molecule has 1 nitrogen and oxygen atoms in total. The van der Waals surface area contributed by atoms with E-state index in [1.807, 2.05) is 18.2 Å². The third-order valence-electron chi connectivity index (χ3n) is 2.39. The molecule has 0 N–H and O–H groups in total. The molecule has 2 aromatic rings. The van der Waals surface area contributed by atoms with Crippen molar-refractivity contribution >= 4 is 66.4 Å². The fourth-order valence-electron chi connectivity index (χ4n) is 1.51. The Morgan fingerprint density at radius 3 is 2.50 bits per heavy atom. The summed E-state index contributed by atoms with van der Waals surface area (Å²) in [5.74, 6) is 0.581. The Kier molecular flexibility index (Phi) is 5.00. The second-order valence-electron chi connectivity index (χ2n) is 3.51. The SMILES string of the molecule is COc1cc(Cl)c(C(Br)c2ccc(Br)s2)cc1Cl. The molecule has 96 valence electrons. The van der Waals surface area contributed by atoms with Crippen molar-refractivity contribution in [3.63, 3.8) is 0 Å². The molecule has 0 amide bonds. The molecule has 2 rings (SSSR count). The molecule has 0 aliphatic heterocycles. The van der Waals surface area contributed by atoms with Gasteiger partial charge in [-0.15, -0.1) is 11.3 Å². The summed E-state index contributed by atoms with van der Waals surface area (Å²) < 4.78 is 6.21. The summed E-state index contributed by atoms with van der Waals surface area (Å²) in [6.45, 7) is 0. The lowest BCUT2D eigenvalue weighted by Gasteiger charge is -2.13. The van der Waals surface area contributed by atoms with Crippen LogP contribution in [0.2, 0.25) is 10.0 Å². The molecule has 1 aromatic carbocycles. The second-order valence-corrected chi connectivity index (χ2v) is 7.74. The van der Waals surface area contributed by atoms with Crippen LogP contribution in [0, 0.1) is 0 Å². The van der Waals surface area contributed by atoms with E-state index in [1.54, 1.807) is 24.5 Å². The lowest BCUT2D eigenvalue weighted by atomic mass is 10.1. The van der Waals surface area contributed by atoms with Crippen molar-refractivity contribution in [1.29, 1.82) is 0 Å². The van der Waals surface area contributed by atoms with Crippen molar-refractivity contribution in [2.24, 2.45) is 0 Å². The standard InChI is InChI=1S/C12H8Br2Cl2OS/c1-17-9-5-7(15)6(4-8(9)16)12(14)10-2-3-11(13)18-10/h2-5,12H,1H3. The smallest absolute Gasteiger partial charge is 0.138 e. The number of halogens is 4. The number of rotatable bonds is 3. The van der Waals surface area contributed by atoms with Crippen molar-refractivity contribution in [2.75, 3.05) is 7.11 Å². The zero-order chi connectivity index (χ0) is 13.3. The molecular weight excluding hydrogens is 423 g/mol. The van der Waals surface area contributed by atoms with Crippen LogP contribution in [0.25, 0.3) is 0 Å². The second kappa shape index (κ2) is 6.14. The minimum absolute atomic E-state index is 0.0182. The highest BCUT2D eigenvalue weighted by molar-refractivity contribution is 9.11. The van der Waals surface area contributed by atoms with Crippen LogP contribution < -0.4 is 4.74 Å². The topological polar surface area (TPSA) is 9.23 Å².